The molecule has 4 aliphatic carbocycles. The first-order chi connectivity index (χ1) is 14.1. The van der Waals surface area contributed by atoms with Crippen LogP contribution in [0, 0.1) is 45.8 Å². The van der Waals surface area contributed by atoms with E-state index in [9.17, 15) is 5.11 Å². The van der Waals surface area contributed by atoms with Crippen molar-refractivity contribution in [3.63, 3.8) is 0 Å². The fourth-order valence-corrected chi connectivity index (χ4v) is 8.92. The number of fused-ring (bicyclic) bond motifs is 4. The molecule has 2 fully saturated rings. The molecule has 1 nitrogen and oxygen atoms in total. The molecule has 0 aromatic heterocycles. The van der Waals surface area contributed by atoms with Crippen molar-refractivity contribution in [3.05, 3.63) is 11.1 Å². The lowest BCUT2D eigenvalue weighted by Gasteiger charge is -2.59. The van der Waals surface area contributed by atoms with E-state index in [0.29, 0.717) is 10.8 Å². The first-order valence-corrected chi connectivity index (χ1v) is 13.5. The summed E-state index contributed by atoms with van der Waals surface area (Å²) in [5, 5.41) is 11.2. The largest absolute Gasteiger partial charge is 0.392 e. The number of aliphatic hydroxyl groups excluding tert-OH is 1. The molecule has 0 radical (unpaired) electrons. The molecule has 0 aromatic carbocycles. The second kappa shape index (κ2) is 7.93. The SMILES string of the molecule is CC(C)[C@@H](C)CC[C@@H](C)[C@H]1CC[C@@]2(C)C3=C(CC[C@]12C)[C@@]1(C)C(O)CCCC1CC3. The third kappa shape index (κ3) is 3.19. The summed E-state index contributed by atoms with van der Waals surface area (Å²) >= 11 is 0. The molecular formula is C29H50O. The van der Waals surface area contributed by atoms with Crippen molar-refractivity contribution in [1.29, 1.82) is 0 Å². The molecule has 4 rings (SSSR count). The van der Waals surface area contributed by atoms with Crippen LogP contribution in [-0.2, 0) is 0 Å². The van der Waals surface area contributed by atoms with E-state index in [1.807, 2.05) is 5.57 Å². The van der Waals surface area contributed by atoms with E-state index in [4.69, 9.17) is 0 Å². The molecule has 2 unspecified atom stereocenters. The van der Waals surface area contributed by atoms with E-state index in [2.05, 4.69) is 48.5 Å². The topological polar surface area (TPSA) is 20.2 Å². The molecule has 172 valence electrons. The zero-order valence-corrected chi connectivity index (χ0v) is 21.2. The van der Waals surface area contributed by atoms with Gasteiger partial charge in [0.2, 0.25) is 0 Å². The first-order valence-electron chi connectivity index (χ1n) is 13.5. The molecule has 0 spiro atoms. The fourth-order valence-electron chi connectivity index (χ4n) is 8.92. The standard InChI is InChI=1S/C29H50O/c1-19(2)20(3)11-12-21(4)23-15-17-28(6)24-14-13-22-9-8-10-26(30)29(22,7)25(24)16-18-27(23,28)5/h19-23,26,30H,8-18H2,1-7H3/t20-,21+,22?,23+,26?,27+,28-,29-/m0/s1. The molecule has 1 N–H and O–H groups in total. The lowest BCUT2D eigenvalue weighted by atomic mass is 9.46. The van der Waals surface area contributed by atoms with Crippen LogP contribution < -0.4 is 0 Å². The van der Waals surface area contributed by atoms with Gasteiger partial charge in [-0.15, -0.1) is 0 Å². The molecule has 0 heterocycles. The summed E-state index contributed by atoms with van der Waals surface area (Å²) in [7, 11) is 0. The zero-order chi connectivity index (χ0) is 21.9. The van der Waals surface area contributed by atoms with Gasteiger partial charge in [-0.25, -0.2) is 0 Å². The van der Waals surface area contributed by atoms with E-state index < -0.39 is 0 Å². The van der Waals surface area contributed by atoms with Crippen LogP contribution in [0.25, 0.3) is 0 Å². The minimum Gasteiger partial charge on any atom is -0.392 e. The quantitative estimate of drug-likeness (QED) is 0.450. The first kappa shape index (κ1) is 22.9. The molecule has 2 saturated carbocycles. The van der Waals surface area contributed by atoms with Crippen molar-refractivity contribution in [2.24, 2.45) is 45.8 Å². The van der Waals surface area contributed by atoms with Crippen LogP contribution in [0.15, 0.2) is 11.1 Å². The Bertz CT molecular complexity index is 676. The lowest BCUT2D eigenvalue weighted by Crippen LogP contribution is -2.52. The summed E-state index contributed by atoms with van der Waals surface area (Å²) in [6, 6.07) is 0. The Morgan fingerprint density at radius 2 is 1.60 bits per heavy atom. The monoisotopic (exact) mass is 414 g/mol. The van der Waals surface area contributed by atoms with Gasteiger partial charge in [-0.3, -0.25) is 0 Å². The summed E-state index contributed by atoms with van der Waals surface area (Å²) in [5.74, 6) is 4.09. The highest BCUT2D eigenvalue weighted by atomic mass is 16.3. The van der Waals surface area contributed by atoms with Crippen LogP contribution in [0.5, 0.6) is 0 Å². The molecule has 8 atom stereocenters. The van der Waals surface area contributed by atoms with Crippen LogP contribution in [0.4, 0.5) is 0 Å². The average molecular weight is 415 g/mol. The Balaban J connectivity index is 1.61. The van der Waals surface area contributed by atoms with Crippen molar-refractivity contribution in [2.45, 2.75) is 125 Å². The van der Waals surface area contributed by atoms with Gasteiger partial charge in [-0.2, -0.15) is 0 Å². The second-order valence-electron chi connectivity index (χ2n) is 13.1. The van der Waals surface area contributed by atoms with Crippen LogP contribution in [-0.4, -0.2) is 11.2 Å². The highest BCUT2D eigenvalue weighted by molar-refractivity contribution is 5.38. The zero-order valence-electron chi connectivity index (χ0n) is 21.2. The maximum atomic E-state index is 11.2. The van der Waals surface area contributed by atoms with E-state index >= 15 is 0 Å². The maximum absolute atomic E-state index is 11.2. The van der Waals surface area contributed by atoms with Crippen molar-refractivity contribution in [2.75, 3.05) is 0 Å². The van der Waals surface area contributed by atoms with Gasteiger partial charge in [0.1, 0.15) is 0 Å². The van der Waals surface area contributed by atoms with Gasteiger partial charge in [0.25, 0.3) is 0 Å². The van der Waals surface area contributed by atoms with Gasteiger partial charge < -0.3 is 5.11 Å². The molecule has 30 heavy (non-hydrogen) atoms. The summed E-state index contributed by atoms with van der Waals surface area (Å²) in [5.41, 5.74) is 4.45. The Hall–Kier alpha value is -0.300. The predicted octanol–water partition coefficient (Wildman–Crippen LogP) is 8.17. The molecule has 0 amide bonds. The molecular weight excluding hydrogens is 364 g/mol. The van der Waals surface area contributed by atoms with Crippen LogP contribution in [0.2, 0.25) is 0 Å². The molecule has 0 aliphatic heterocycles. The van der Waals surface area contributed by atoms with Crippen molar-refractivity contribution < 1.29 is 5.11 Å². The van der Waals surface area contributed by atoms with Gasteiger partial charge in [0.05, 0.1) is 6.10 Å². The minimum atomic E-state index is -0.108. The smallest absolute Gasteiger partial charge is 0.0633 e. The number of rotatable bonds is 5. The van der Waals surface area contributed by atoms with Crippen molar-refractivity contribution in [3.8, 4) is 0 Å². The van der Waals surface area contributed by atoms with Gasteiger partial charge in [0, 0.05) is 5.41 Å². The van der Waals surface area contributed by atoms with Gasteiger partial charge in [-0.05, 0) is 91.8 Å². The van der Waals surface area contributed by atoms with Crippen LogP contribution in [0.3, 0.4) is 0 Å². The number of aliphatic hydroxyl groups is 1. The summed E-state index contributed by atoms with van der Waals surface area (Å²) in [6.07, 6.45) is 14.3. The predicted molar refractivity (Wildman–Crippen MR) is 128 cm³/mol. The van der Waals surface area contributed by atoms with Crippen molar-refractivity contribution >= 4 is 0 Å². The van der Waals surface area contributed by atoms with E-state index in [1.54, 1.807) is 5.57 Å². The van der Waals surface area contributed by atoms with E-state index in [-0.39, 0.29) is 11.5 Å². The van der Waals surface area contributed by atoms with E-state index in [0.717, 1.165) is 36.0 Å². The molecule has 0 bridgehead atoms. The van der Waals surface area contributed by atoms with Crippen LogP contribution >= 0.6 is 0 Å². The third-order valence-electron chi connectivity index (χ3n) is 11.8. The fraction of sp³-hybridized carbons (Fsp3) is 0.931. The molecule has 0 aromatic rings. The average Bonchev–Trinajstić information content (AvgIpc) is 2.98. The Morgan fingerprint density at radius 1 is 0.867 bits per heavy atom. The third-order valence-corrected chi connectivity index (χ3v) is 11.8. The Labute approximate surface area is 187 Å². The normalized spacial score (nSPS) is 45.7. The molecule has 4 aliphatic rings. The molecule has 1 heteroatoms. The van der Waals surface area contributed by atoms with Crippen molar-refractivity contribution in [1.82, 2.24) is 0 Å². The summed E-state index contributed by atoms with van der Waals surface area (Å²) in [4.78, 5) is 0. The lowest BCUT2D eigenvalue weighted by molar-refractivity contribution is -0.0453. The number of allylic oxidation sites excluding steroid dienone is 1. The highest BCUT2D eigenvalue weighted by Crippen LogP contribution is 2.71. The number of hydrogen-bond donors (Lipinski definition) is 1. The maximum Gasteiger partial charge on any atom is 0.0633 e. The summed E-state index contributed by atoms with van der Waals surface area (Å²) < 4.78 is 0. The number of hydrogen-bond acceptors (Lipinski definition) is 1. The Kier molecular flexibility index (Phi) is 6.05. The van der Waals surface area contributed by atoms with Gasteiger partial charge >= 0.3 is 0 Å². The highest BCUT2D eigenvalue weighted by Gasteiger charge is 2.62. The Morgan fingerprint density at radius 3 is 2.30 bits per heavy atom. The van der Waals surface area contributed by atoms with Crippen LogP contribution in [0.1, 0.15) is 119 Å². The van der Waals surface area contributed by atoms with Gasteiger partial charge in [0.15, 0.2) is 0 Å². The summed E-state index contributed by atoms with van der Waals surface area (Å²) in [6.45, 7) is 17.5. The van der Waals surface area contributed by atoms with E-state index in [1.165, 1.54) is 64.2 Å². The molecule has 0 saturated heterocycles. The minimum absolute atomic E-state index is 0.0760. The second-order valence-corrected chi connectivity index (χ2v) is 13.1. The van der Waals surface area contributed by atoms with Gasteiger partial charge in [-0.1, -0.05) is 78.9 Å².